The minimum atomic E-state index is -0.568. The van der Waals surface area contributed by atoms with Crippen LogP contribution in [0.15, 0.2) is 42.7 Å². The summed E-state index contributed by atoms with van der Waals surface area (Å²) in [4.78, 5) is 29.4. The molecule has 3 heterocycles. The van der Waals surface area contributed by atoms with Crippen LogP contribution in [0.3, 0.4) is 0 Å². The van der Waals surface area contributed by atoms with Crippen LogP contribution < -0.4 is 4.90 Å². The molecule has 136 valence electrons. The molecule has 0 radical (unpaired) electrons. The van der Waals surface area contributed by atoms with E-state index in [0.717, 1.165) is 43.6 Å². The molecule has 2 aliphatic rings. The smallest absolute Gasteiger partial charge is 0.239 e. The van der Waals surface area contributed by atoms with Crippen molar-refractivity contribution in [3.63, 3.8) is 0 Å². The number of piperidine rings is 1. The van der Waals surface area contributed by atoms with Gasteiger partial charge < -0.3 is 9.80 Å². The third-order valence-corrected chi connectivity index (χ3v) is 5.68. The van der Waals surface area contributed by atoms with Gasteiger partial charge in [0.25, 0.3) is 0 Å². The molecular formula is C20H24N4O2. The number of hydrogen-bond donors (Lipinski definition) is 0. The van der Waals surface area contributed by atoms with Crippen molar-refractivity contribution < 1.29 is 9.59 Å². The SMILES string of the molecule is CN1C(=O)C2(CCCN(C(=O)CCCn3cccn3)C2)c2ccccc21. The van der Waals surface area contributed by atoms with Crippen LogP contribution in [0.1, 0.15) is 31.2 Å². The molecule has 6 heteroatoms. The van der Waals surface area contributed by atoms with Crippen molar-refractivity contribution in [1.82, 2.24) is 14.7 Å². The average molecular weight is 352 g/mol. The van der Waals surface area contributed by atoms with Crippen LogP contribution in [0.5, 0.6) is 0 Å². The van der Waals surface area contributed by atoms with Crippen molar-refractivity contribution in [2.45, 2.75) is 37.6 Å². The summed E-state index contributed by atoms with van der Waals surface area (Å²) in [6, 6.07) is 9.87. The molecule has 1 fully saturated rings. The summed E-state index contributed by atoms with van der Waals surface area (Å²) in [5.41, 5.74) is 1.48. The van der Waals surface area contributed by atoms with E-state index in [9.17, 15) is 9.59 Å². The number of hydrogen-bond acceptors (Lipinski definition) is 3. The second kappa shape index (κ2) is 6.59. The number of benzene rings is 1. The molecule has 0 N–H and O–H groups in total. The minimum absolute atomic E-state index is 0.118. The van der Waals surface area contributed by atoms with Crippen LogP contribution in [0.25, 0.3) is 0 Å². The molecule has 1 aromatic heterocycles. The Hall–Kier alpha value is -2.63. The van der Waals surface area contributed by atoms with E-state index in [4.69, 9.17) is 0 Å². The number of nitrogens with zero attached hydrogens (tertiary/aromatic N) is 4. The second-order valence-electron chi connectivity index (χ2n) is 7.25. The fourth-order valence-electron chi connectivity index (χ4n) is 4.36. The first kappa shape index (κ1) is 16.8. The van der Waals surface area contributed by atoms with Gasteiger partial charge in [0, 0.05) is 51.2 Å². The van der Waals surface area contributed by atoms with E-state index in [1.54, 1.807) is 11.1 Å². The molecule has 1 aromatic carbocycles. The third kappa shape index (κ3) is 2.69. The number of aromatic nitrogens is 2. The lowest BCUT2D eigenvalue weighted by molar-refractivity contribution is -0.136. The van der Waals surface area contributed by atoms with Gasteiger partial charge in [0.2, 0.25) is 11.8 Å². The highest BCUT2D eigenvalue weighted by molar-refractivity contribution is 6.08. The number of para-hydroxylation sites is 1. The lowest BCUT2D eigenvalue weighted by Gasteiger charge is -2.39. The highest BCUT2D eigenvalue weighted by atomic mass is 16.2. The summed E-state index contributed by atoms with van der Waals surface area (Å²) in [6.07, 6.45) is 6.57. The van der Waals surface area contributed by atoms with Gasteiger partial charge in [-0.3, -0.25) is 14.3 Å². The van der Waals surface area contributed by atoms with Crippen molar-refractivity contribution >= 4 is 17.5 Å². The number of carbonyl (C=O) groups excluding carboxylic acids is 2. The van der Waals surface area contributed by atoms with Gasteiger partial charge in [-0.05, 0) is 37.0 Å². The molecule has 26 heavy (non-hydrogen) atoms. The van der Waals surface area contributed by atoms with E-state index in [0.29, 0.717) is 13.0 Å². The van der Waals surface area contributed by atoms with Crippen molar-refractivity contribution in [1.29, 1.82) is 0 Å². The standard InChI is InChI=1S/C20H24N4O2/c1-22-17-8-3-2-7-16(17)20(19(22)26)10-5-12-23(15-20)18(25)9-4-13-24-14-6-11-21-24/h2-3,6-8,11,14H,4-5,9-10,12-13,15H2,1H3. The molecule has 1 unspecified atom stereocenters. The van der Waals surface area contributed by atoms with E-state index in [1.165, 1.54) is 0 Å². The zero-order chi connectivity index (χ0) is 18.1. The molecule has 0 aliphatic carbocycles. The zero-order valence-corrected chi connectivity index (χ0v) is 15.1. The predicted molar refractivity (Wildman–Crippen MR) is 98.8 cm³/mol. The average Bonchev–Trinajstić information content (AvgIpc) is 3.25. The first-order chi connectivity index (χ1) is 12.6. The van der Waals surface area contributed by atoms with Crippen LogP contribution in [0.2, 0.25) is 0 Å². The van der Waals surface area contributed by atoms with Gasteiger partial charge in [-0.1, -0.05) is 18.2 Å². The molecule has 0 saturated carbocycles. The van der Waals surface area contributed by atoms with E-state index in [1.807, 2.05) is 53.2 Å². The molecule has 4 rings (SSSR count). The van der Waals surface area contributed by atoms with Gasteiger partial charge in [-0.25, -0.2) is 0 Å². The molecule has 2 aromatic rings. The van der Waals surface area contributed by atoms with E-state index in [2.05, 4.69) is 5.10 Å². The minimum Gasteiger partial charge on any atom is -0.341 e. The fourth-order valence-corrected chi connectivity index (χ4v) is 4.36. The summed E-state index contributed by atoms with van der Waals surface area (Å²) in [7, 11) is 1.83. The summed E-state index contributed by atoms with van der Waals surface area (Å²) >= 11 is 0. The lowest BCUT2D eigenvalue weighted by atomic mass is 9.75. The first-order valence-corrected chi connectivity index (χ1v) is 9.25. The van der Waals surface area contributed by atoms with E-state index < -0.39 is 5.41 Å². The summed E-state index contributed by atoms with van der Waals surface area (Å²) in [6.45, 7) is 1.97. The Balaban J connectivity index is 1.47. The number of likely N-dealkylation sites (tertiary alicyclic amines) is 1. The summed E-state index contributed by atoms with van der Waals surface area (Å²) in [5.74, 6) is 0.254. The Morgan fingerprint density at radius 3 is 2.92 bits per heavy atom. The lowest BCUT2D eigenvalue weighted by Crippen LogP contribution is -2.53. The van der Waals surface area contributed by atoms with Crippen LogP contribution >= 0.6 is 0 Å². The van der Waals surface area contributed by atoms with E-state index >= 15 is 0 Å². The maximum Gasteiger partial charge on any atom is 0.239 e. The van der Waals surface area contributed by atoms with Gasteiger partial charge in [0.05, 0.1) is 5.41 Å². The predicted octanol–water partition coefficient (Wildman–Crippen LogP) is 2.20. The molecule has 2 amide bonds. The number of aryl methyl sites for hydroxylation is 1. The third-order valence-electron chi connectivity index (χ3n) is 5.68. The first-order valence-electron chi connectivity index (χ1n) is 9.25. The molecule has 0 bridgehead atoms. The van der Waals surface area contributed by atoms with Crippen molar-refractivity contribution in [3.05, 3.63) is 48.3 Å². The molecular weight excluding hydrogens is 328 g/mol. The van der Waals surface area contributed by atoms with Gasteiger partial charge in [-0.15, -0.1) is 0 Å². The van der Waals surface area contributed by atoms with Gasteiger partial charge in [-0.2, -0.15) is 5.10 Å². The molecule has 1 spiro atoms. The zero-order valence-electron chi connectivity index (χ0n) is 15.1. The topological polar surface area (TPSA) is 58.4 Å². The Morgan fingerprint density at radius 2 is 2.12 bits per heavy atom. The van der Waals surface area contributed by atoms with E-state index in [-0.39, 0.29) is 11.8 Å². The maximum atomic E-state index is 13.1. The van der Waals surface area contributed by atoms with Crippen LogP contribution in [-0.4, -0.2) is 46.6 Å². The summed E-state index contributed by atoms with van der Waals surface area (Å²) < 4.78 is 1.84. The number of fused-ring (bicyclic) bond motifs is 2. The highest BCUT2D eigenvalue weighted by Crippen LogP contribution is 2.46. The van der Waals surface area contributed by atoms with Gasteiger partial charge >= 0.3 is 0 Å². The fraction of sp³-hybridized carbons (Fsp3) is 0.450. The molecule has 2 aliphatic heterocycles. The number of likely N-dealkylation sites (N-methyl/N-ethyl adjacent to an activating group) is 1. The molecule has 1 saturated heterocycles. The highest BCUT2D eigenvalue weighted by Gasteiger charge is 2.52. The van der Waals surface area contributed by atoms with Crippen molar-refractivity contribution in [2.75, 3.05) is 25.0 Å². The Morgan fingerprint density at radius 1 is 1.27 bits per heavy atom. The molecule has 1 atom stereocenters. The quantitative estimate of drug-likeness (QED) is 0.848. The maximum absolute atomic E-state index is 13.1. The van der Waals surface area contributed by atoms with Gasteiger partial charge in [0.15, 0.2) is 0 Å². The van der Waals surface area contributed by atoms with Crippen LogP contribution in [-0.2, 0) is 21.5 Å². The largest absolute Gasteiger partial charge is 0.341 e. The Bertz CT molecular complexity index is 817. The Kier molecular flexibility index (Phi) is 4.26. The number of rotatable bonds is 4. The van der Waals surface area contributed by atoms with Crippen molar-refractivity contribution in [2.24, 2.45) is 0 Å². The summed E-state index contributed by atoms with van der Waals surface area (Å²) in [5, 5.41) is 4.17. The molecule has 6 nitrogen and oxygen atoms in total. The second-order valence-corrected chi connectivity index (χ2v) is 7.25. The monoisotopic (exact) mass is 352 g/mol. The Labute approximate surface area is 153 Å². The van der Waals surface area contributed by atoms with Gasteiger partial charge in [0.1, 0.15) is 0 Å². The van der Waals surface area contributed by atoms with Crippen LogP contribution in [0.4, 0.5) is 5.69 Å². The number of amides is 2. The van der Waals surface area contributed by atoms with Crippen LogP contribution in [0, 0.1) is 0 Å². The van der Waals surface area contributed by atoms with Crippen molar-refractivity contribution in [3.8, 4) is 0 Å². The number of anilines is 1. The normalized spacial score (nSPS) is 22.1. The number of carbonyl (C=O) groups is 2.